The van der Waals surface area contributed by atoms with Crippen molar-refractivity contribution in [1.82, 2.24) is 9.97 Å². The van der Waals surface area contributed by atoms with E-state index >= 15 is 0 Å². The van der Waals surface area contributed by atoms with E-state index in [4.69, 9.17) is 9.72 Å². The fourth-order valence-corrected chi connectivity index (χ4v) is 3.15. The Bertz CT molecular complexity index is 428. The van der Waals surface area contributed by atoms with Crippen molar-refractivity contribution < 1.29 is 4.74 Å². The summed E-state index contributed by atoms with van der Waals surface area (Å²) in [5.74, 6) is 2.99. The first-order chi connectivity index (χ1) is 8.29. The molecule has 1 aromatic rings. The summed E-state index contributed by atoms with van der Waals surface area (Å²) in [7, 11) is 1.93. The van der Waals surface area contributed by atoms with E-state index in [2.05, 4.69) is 32.9 Å². The highest BCUT2D eigenvalue weighted by molar-refractivity contribution is 14.1. The molecule has 5 heteroatoms. The molecular formula is C12H16IN3O. The zero-order chi connectivity index (χ0) is 11.8. The van der Waals surface area contributed by atoms with Gasteiger partial charge in [-0.05, 0) is 41.9 Å². The van der Waals surface area contributed by atoms with Gasteiger partial charge in [0.05, 0.1) is 15.9 Å². The van der Waals surface area contributed by atoms with Gasteiger partial charge in [-0.3, -0.25) is 0 Å². The van der Waals surface area contributed by atoms with E-state index in [1.54, 1.807) is 0 Å². The van der Waals surface area contributed by atoms with E-state index < -0.39 is 0 Å². The second-order valence-corrected chi connectivity index (χ2v) is 5.79. The zero-order valence-corrected chi connectivity index (χ0v) is 12.0. The average Bonchev–Trinajstić information content (AvgIpc) is 3.04. The standard InChI is InChI=1S/C12H16IN3O/c1-14-12-9(13)10(7-2-3-7)15-11(16-12)8-4-5-17-6-8/h7-8H,2-6H2,1H3,(H,14,15,16). The minimum atomic E-state index is 0.386. The van der Waals surface area contributed by atoms with Crippen LogP contribution in [0.1, 0.15) is 42.6 Å². The Morgan fingerprint density at radius 1 is 1.24 bits per heavy atom. The second kappa shape index (κ2) is 4.68. The number of hydrogen-bond acceptors (Lipinski definition) is 4. The molecule has 1 unspecified atom stereocenters. The maximum absolute atomic E-state index is 5.43. The van der Waals surface area contributed by atoms with Gasteiger partial charge in [0.1, 0.15) is 11.6 Å². The molecule has 1 aromatic heterocycles. The van der Waals surface area contributed by atoms with Crippen LogP contribution in [0.15, 0.2) is 0 Å². The maximum Gasteiger partial charge on any atom is 0.143 e. The molecule has 0 spiro atoms. The van der Waals surface area contributed by atoms with Crippen LogP contribution in [0.2, 0.25) is 0 Å². The molecule has 1 N–H and O–H groups in total. The quantitative estimate of drug-likeness (QED) is 0.856. The molecular weight excluding hydrogens is 329 g/mol. The lowest BCUT2D eigenvalue weighted by atomic mass is 10.1. The number of ether oxygens (including phenoxy) is 1. The minimum Gasteiger partial charge on any atom is -0.381 e. The molecule has 1 atom stereocenters. The third-order valence-electron chi connectivity index (χ3n) is 3.39. The van der Waals surface area contributed by atoms with Gasteiger partial charge in [-0.15, -0.1) is 0 Å². The number of nitrogens with zero attached hydrogens (tertiary/aromatic N) is 2. The van der Waals surface area contributed by atoms with Crippen LogP contribution in [0.3, 0.4) is 0 Å². The van der Waals surface area contributed by atoms with E-state index in [0.717, 1.165) is 31.3 Å². The monoisotopic (exact) mass is 345 g/mol. The maximum atomic E-state index is 5.43. The molecule has 17 heavy (non-hydrogen) atoms. The summed E-state index contributed by atoms with van der Waals surface area (Å²) in [6.45, 7) is 1.61. The van der Waals surface area contributed by atoms with Gasteiger partial charge in [0, 0.05) is 25.5 Å². The number of hydrogen-bond donors (Lipinski definition) is 1. The lowest BCUT2D eigenvalue weighted by molar-refractivity contribution is 0.193. The first-order valence-corrected chi connectivity index (χ1v) is 7.20. The van der Waals surface area contributed by atoms with Crippen molar-refractivity contribution in [3.05, 3.63) is 15.1 Å². The van der Waals surface area contributed by atoms with Crippen LogP contribution in [0, 0.1) is 3.57 Å². The molecule has 0 aromatic carbocycles. The molecule has 1 aliphatic carbocycles. The van der Waals surface area contributed by atoms with E-state index in [0.29, 0.717) is 11.8 Å². The molecule has 1 saturated heterocycles. The highest BCUT2D eigenvalue weighted by Gasteiger charge is 2.31. The average molecular weight is 345 g/mol. The summed E-state index contributed by atoms with van der Waals surface area (Å²) in [4.78, 5) is 9.42. The number of rotatable bonds is 3. The van der Waals surface area contributed by atoms with Crippen LogP contribution in [0.25, 0.3) is 0 Å². The summed E-state index contributed by atoms with van der Waals surface area (Å²) in [6, 6.07) is 0. The topological polar surface area (TPSA) is 47.0 Å². The summed E-state index contributed by atoms with van der Waals surface area (Å²) in [5.41, 5.74) is 1.24. The SMILES string of the molecule is CNc1nc(C2CCOC2)nc(C2CC2)c1I. The first kappa shape index (κ1) is 11.6. The Morgan fingerprint density at radius 2 is 2.06 bits per heavy atom. The molecule has 0 radical (unpaired) electrons. The molecule has 1 aliphatic heterocycles. The van der Waals surface area contributed by atoms with E-state index in [1.807, 2.05) is 7.05 Å². The van der Waals surface area contributed by atoms with Crippen LogP contribution in [0.5, 0.6) is 0 Å². The van der Waals surface area contributed by atoms with Gasteiger partial charge in [0.15, 0.2) is 0 Å². The Balaban J connectivity index is 2.00. The van der Waals surface area contributed by atoms with E-state index in [-0.39, 0.29) is 0 Å². The van der Waals surface area contributed by atoms with Gasteiger partial charge in [0.2, 0.25) is 0 Å². The van der Waals surface area contributed by atoms with Crippen molar-refractivity contribution >= 4 is 28.4 Å². The van der Waals surface area contributed by atoms with Gasteiger partial charge >= 0.3 is 0 Å². The van der Waals surface area contributed by atoms with Crippen molar-refractivity contribution in [3.63, 3.8) is 0 Å². The minimum absolute atomic E-state index is 0.386. The van der Waals surface area contributed by atoms with Crippen LogP contribution in [0.4, 0.5) is 5.82 Å². The van der Waals surface area contributed by atoms with Crippen LogP contribution >= 0.6 is 22.6 Å². The van der Waals surface area contributed by atoms with Crippen molar-refractivity contribution in [1.29, 1.82) is 0 Å². The van der Waals surface area contributed by atoms with Gasteiger partial charge in [-0.25, -0.2) is 9.97 Å². The molecule has 1 saturated carbocycles. The summed E-state index contributed by atoms with van der Waals surface area (Å²) in [5, 5.41) is 3.18. The van der Waals surface area contributed by atoms with Crippen molar-refractivity contribution in [2.45, 2.75) is 31.1 Å². The highest BCUT2D eigenvalue weighted by Crippen LogP contribution is 2.42. The molecule has 0 amide bonds. The summed E-state index contributed by atoms with van der Waals surface area (Å²) < 4.78 is 6.62. The Kier molecular flexibility index (Phi) is 3.21. The number of anilines is 1. The van der Waals surface area contributed by atoms with Gasteiger partial charge in [-0.1, -0.05) is 0 Å². The normalized spacial score (nSPS) is 24.0. The number of aromatic nitrogens is 2. The Morgan fingerprint density at radius 3 is 2.65 bits per heavy atom. The molecule has 0 bridgehead atoms. The fourth-order valence-electron chi connectivity index (χ4n) is 2.20. The Hall–Kier alpha value is -0.430. The third kappa shape index (κ3) is 2.27. The van der Waals surface area contributed by atoms with Crippen molar-refractivity contribution in [2.24, 2.45) is 0 Å². The van der Waals surface area contributed by atoms with Gasteiger partial charge in [0.25, 0.3) is 0 Å². The van der Waals surface area contributed by atoms with Crippen LogP contribution in [-0.4, -0.2) is 30.2 Å². The molecule has 3 rings (SSSR count). The van der Waals surface area contributed by atoms with Crippen LogP contribution < -0.4 is 5.32 Å². The summed E-state index contributed by atoms with van der Waals surface area (Å²) in [6.07, 6.45) is 3.60. The largest absolute Gasteiger partial charge is 0.381 e. The van der Waals surface area contributed by atoms with Gasteiger partial charge in [-0.2, -0.15) is 0 Å². The molecule has 4 nitrogen and oxygen atoms in total. The van der Waals surface area contributed by atoms with E-state index in [1.165, 1.54) is 22.1 Å². The summed E-state index contributed by atoms with van der Waals surface area (Å²) >= 11 is 2.36. The number of halogens is 1. The van der Waals surface area contributed by atoms with Gasteiger partial charge < -0.3 is 10.1 Å². The first-order valence-electron chi connectivity index (χ1n) is 6.12. The second-order valence-electron chi connectivity index (χ2n) is 4.71. The molecule has 92 valence electrons. The molecule has 2 aliphatic rings. The van der Waals surface area contributed by atoms with Crippen molar-refractivity contribution in [2.75, 3.05) is 25.6 Å². The predicted octanol–water partition coefficient (Wildman–Crippen LogP) is 2.50. The third-order valence-corrected chi connectivity index (χ3v) is 4.45. The lowest BCUT2D eigenvalue weighted by Crippen LogP contribution is -2.11. The fraction of sp³-hybridized carbons (Fsp3) is 0.667. The number of nitrogens with one attached hydrogen (secondary N) is 1. The molecule has 2 fully saturated rings. The van der Waals surface area contributed by atoms with Crippen molar-refractivity contribution in [3.8, 4) is 0 Å². The highest BCUT2D eigenvalue weighted by atomic mass is 127. The lowest BCUT2D eigenvalue weighted by Gasteiger charge is -2.13. The van der Waals surface area contributed by atoms with E-state index in [9.17, 15) is 0 Å². The smallest absolute Gasteiger partial charge is 0.143 e. The zero-order valence-electron chi connectivity index (χ0n) is 9.87. The van der Waals surface area contributed by atoms with Crippen LogP contribution in [-0.2, 0) is 4.74 Å². The molecule has 2 heterocycles. The predicted molar refractivity (Wildman–Crippen MR) is 74.4 cm³/mol. The Labute approximate surface area is 115 Å².